The van der Waals surface area contributed by atoms with Gasteiger partial charge in [0.2, 0.25) is 5.91 Å². The van der Waals surface area contributed by atoms with Gasteiger partial charge in [-0.2, -0.15) is 5.26 Å². The highest BCUT2D eigenvalue weighted by Crippen LogP contribution is 2.27. The number of halogens is 2. The van der Waals surface area contributed by atoms with E-state index in [9.17, 15) is 14.9 Å². The maximum Gasteiger partial charge on any atom is 0.270 e. The number of aromatic nitrogens is 2. The number of H-pyrrole nitrogens is 1. The molecule has 0 spiro atoms. The van der Waals surface area contributed by atoms with E-state index in [2.05, 4.69) is 15.3 Å². The molecule has 152 valence electrons. The predicted octanol–water partition coefficient (Wildman–Crippen LogP) is 5.04. The fraction of sp³-hybridized carbons (Fsp3) is 0.143. The van der Waals surface area contributed by atoms with Gasteiger partial charge in [0.1, 0.15) is 11.6 Å². The van der Waals surface area contributed by atoms with E-state index < -0.39 is 10.8 Å². The first-order valence-electron chi connectivity index (χ1n) is 8.83. The number of nitriles is 1. The van der Waals surface area contributed by atoms with Crippen molar-refractivity contribution < 1.29 is 4.79 Å². The Labute approximate surface area is 187 Å². The fourth-order valence-electron chi connectivity index (χ4n) is 2.63. The molecular weight excluding hydrogens is 443 g/mol. The highest BCUT2D eigenvalue weighted by Gasteiger charge is 2.20. The summed E-state index contributed by atoms with van der Waals surface area (Å²) >= 11 is 13.1. The van der Waals surface area contributed by atoms with Crippen molar-refractivity contribution in [3.05, 3.63) is 74.0 Å². The van der Waals surface area contributed by atoms with Crippen LogP contribution >= 0.6 is 35.0 Å². The molecule has 0 bridgehead atoms. The molecule has 0 saturated heterocycles. The van der Waals surface area contributed by atoms with Gasteiger partial charge in [0.05, 0.1) is 10.9 Å². The number of hydrogen-bond donors (Lipinski definition) is 2. The number of aromatic amines is 1. The van der Waals surface area contributed by atoms with E-state index in [0.29, 0.717) is 21.3 Å². The molecule has 1 atom stereocenters. The van der Waals surface area contributed by atoms with Crippen LogP contribution in [0.3, 0.4) is 0 Å². The second-order valence-electron chi connectivity index (χ2n) is 6.38. The molecule has 30 heavy (non-hydrogen) atoms. The summed E-state index contributed by atoms with van der Waals surface area (Å²) < 4.78 is 0. The van der Waals surface area contributed by atoms with E-state index >= 15 is 0 Å². The van der Waals surface area contributed by atoms with Crippen molar-refractivity contribution in [1.82, 2.24) is 9.97 Å². The van der Waals surface area contributed by atoms with Gasteiger partial charge in [-0.1, -0.05) is 53.2 Å². The zero-order valence-electron chi connectivity index (χ0n) is 16.0. The first kappa shape index (κ1) is 21.9. The summed E-state index contributed by atoms with van der Waals surface area (Å²) in [7, 11) is 0. The summed E-state index contributed by atoms with van der Waals surface area (Å²) in [5.41, 5.74) is 1.52. The highest BCUT2D eigenvalue weighted by molar-refractivity contribution is 8.00. The number of benzene rings is 2. The Morgan fingerprint density at radius 3 is 2.60 bits per heavy atom. The SMILES string of the molecule is Cc1c(Cl)cccc1NC(=O)C(C)Sc1nc(-c2ccc(Cl)cc2)c(C#N)c(=O)[nH]1. The summed E-state index contributed by atoms with van der Waals surface area (Å²) in [5, 5.41) is 12.9. The molecule has 0 fully saturated rings. The van der Waals surface area contributed by atoms with Crippen molar-refractivity contribution in [2.45, 2.75) is 24.3 Å². The highest BCUT2D eigenvalue weighted by atomic mass is 35.5. The summed E-state index contributed by atoms with van der Waals surface area (Å²) in [5.74, 6) is -0.273. The topological polar surface area (TPSA) is 98.6 Å². The third kappa shape index (κ3) is 4.85. The lowest BCUT2D eigenvalue weighted by Gasteiger charge is -2.14. The average molecular weight is 459 g/mol. The number of amides is 1. The second-order valence-corrected chi connectivity index (χ2v) is 8.55. The zero-order chi connectivity index (χ0) is 21.8. The van der Waals surface area contributed by atoms with Gasteiger partial charge in [-0.25, -0.2) is 4.98 Å². The molecule has 1 amide bonds. The van der Waals surface area contributed by atoms with E-state index in [1.54, 1.807) is 49.4 Å². The van der Waals surface area contributed by atoms with Gasteiger partial charge in [0, 0.05) is 21.3 Å². The van der Waals surface area contributed by atoms with Crippen LogP contribution in [0.4, 0.5) is 5.69 Å². The Kier molecular flexibility index (Phi) is 6.83. The second kappa shape index (κ2) is 9.35. The number of thioether (sulfide) groups is 1. The molecule has 0 aliphatic carbocycles. The van der Waals surface area contributed by atoms with E-state index in [0.717, 1.165) is 17.3 Å². The van der Waals surface area contributed by atoms with Crippen molar-refractivity contribution >= 4 is 46.6 Å². The van der Waals surface area contributed by atoms with Crippen LogP contribution < -0.4 is 10.9 Å². The minimum Gasteiger partial charge on any atom is -0.325 e. The Morgan fingerprint density at radius 1 is 1.23 bits per heavy atom. The number of rotatable bonds is 5. The van der Waals surface area contributed by atoms with Gasteiger partial charge in [-0.3, -0.25) is 9.59 Å². The molecule has 3 aromatic rings. The molecule has 1 unspecified atom stereocenters. The lowest BCUT2D eigenvalue weighted by molar-refractivity contribution is -0.115. The lowest BCUT2D eigenvalue weighted by Crippen LogP contribution is -2.24. The first-order chi connectivity index (χ1) is 14.3. The quantitative estimate of drug-likeness (QED) is 0.411. The number of anilines is 1. The maximum atomic E-state index is 12.6. The Balaban J connectivity index is 1.86. The fourth-order valence-corrected chi connectivity index (χ4v) is 3.72. The van der Waals surface area contributed by atoms with Gasteiger partial charge in [-0.15, -0.1) is 0 Å². The standard InChI is InChI=1S/C21H16Cl2N4O2S/c1-11-16(23)4-3-5-17(11)25-19(28)12(2)30-21-26-18(15(10-24)20(29)27-21)13-6-8-14(22)9-7-13/h3-9,12H,1-2H3,(H,25,28)(H,26,27,29). The Bertz CT molecular complexity index is 1200. The first-order valence-corrected chi connectivity index (χ1v) is 10.5. The Morgan fingerprint density at radius 2 is 1.93 bits per heavy atom. The third-order valence-electron chi connectivity index (χ3n) is 4.31. The smallest absolute Gasteiger partial charge is 0.270 e. The van der Waals surface area contributed by atoms with Crippen molar-refractivity contribution in [1.29, 1.82) is 5.26 Å². The van der Waals surface area contributed by atoms with Crippen molar-refractivity contribution in [2.24, 2.45) is 0 Å². The summed E-state index contributed by atoms with van der Waals surface area (Å²) in [6.07, 6.45) is 0. The molecule has 3 rings (SSSR count). The van der Waals surface area contributed by atoms with Crippen LogP contribution in [0.15, 0.2) is 52.4 Å². The minimum atomic E-state index is -0.572. The zero-order valence-corrected chi connectivity index (χ0v) is 18.3. The summed E-state index contributed by atoms with van der Waals surface area (Å²) in [6.45, 7) is 3.51. The number of nitrogens with zero attached hydrogens (tertiary/aromatic N) is 2. The number of nitrogens with one attached hydrogen (secondary N) is 2. The molecule has 0 radical (unpaired) electrons. The molecule has 2 aromatic carbocycles. The van der Waals surface area contributed by atoms with E-state index in [1.807, 2.05) is 13.0 Å². The van der Waals surface area contributed by atoms with Crippen LogP contribution in [0.5, 0.6) is 0 Å². The lowest BCUT2D eigenvalue weighted by atomic mass is 10.1. The third-order valence-corrected chi connectivity index (χ3v) is 5.96. The molecule has 1 aromatic heterocycles. The minimum absolute atomic E-state index is 0.103. The monoisotopic (exact) mass is 458 g/mol. The van der Waals surface area contributed by atoms with Crippen molar-refractivity contribution in [3.8, 4) is 17.3 Å². The molecule has 6 nitrogen and oxygen atoms in total. The average Bonchev–Trinajstić information content (AvgIpc) is 2.71. The molecule has 0 aliphatic heterocycles. The largest absolute Gasteiger partial charge is 0.325 e. The van der Waals surface area contributed by atoms with Gasteiger partial charge >= 0.3 is 0 Å². The van der Waals surface area contributed by atoms with Gasteiger partial charge in [-0.05, 0) is 43.7 Å². The molecule has 2 N–H and O–H groups in total. The van der Waals surface area contributed by atoms with Crippen LogP contribution in [0.2, 0.25) is 10.0 Å². The van der Waals surface area contributed by atoms with Crippen LogP contribution in [0, 0.1) is 18.3 Å². The normalized spacial score (nSPS) is 11.6. The van der Waals surface area contributed by atoms with Crippen LogP contribution in [-0.2, 0) is 4.79 Å². The van der Waals surface area contributed by atoms with Crippen molar-refractivity contribution in [2.75, 3.05) is 5.32 Å². The summed E-state index contributed by atoms with van der Waals surface area (Å²) in [6, 6.07) is 13.8. The molecule has 1 heterocycles. The number of carbonyl (C=O) groups excluding carboxylic acids is 1. The molecular formula is C21H16Cl2N4O2S. The van der Waals surface area contributed by atoms with Crippen LogP contribution in [0.25, 0.3) is 11.3 Å². The van der Waals surface area contributed by atoms with E-state index in [4.69, 9.17) is 23.2 Å². The summed E-state index contributed by atoms with van der Waals surface area (Å²) in [4.78, 5) is 32.0. The number of hydrogen-bond acceptors (Lipinski definition) is 5. The predicted molar refractivity (Wildman–Crippen MR) is 120 cm³/mol. The maximum absolute atomic E-state index is 12.6. The number of carbonyl (C=O) groups is 1. The molecule has 0 aliphatic rings. The van der Waals surface area contributed by atoms with E-state index in [-0.39, 0.29) is 22.3 Å². The van der Waals surface area contributed by atoms with Crippen LogP contribution in [-0.4, -0.2) is 21.1 Å². The van der Waals surface area contributed by atoms with Gasteiger partial charge < -0.3 is 10.3 Å². The van der Waals surface area contributed by atoms with Gasteiger partial charge in [0.15, 0.2) is 5.16 Å². The van der Waals surface area contributed by atoms with Crippen LogP contribution in [0.1, 0.15) is 18.1 Å². The Hall–Kier alpha value is -2.79. The van der Waals surface area contributed by atoms with Crippen molar-refractivity contribution in [3.63, 3.8) is 0 Å². The van der Waals surface area contributed by atoms with Gasteiger partial charge in [0.25, 0.3) is 5.56 Å². The molecule has 9 heteroatoms. The molecule has 0 saturated carbocycles. The van der Waals surface area contributed by atoms with E-state index in [1.165, 1.54) is 0 Å².